The second kappa shape index (κ2) is 7.58. The van der Waals surface area contributed by atoms with Gasteiger partial charge in [-0.1, -0.05) is 20.8 Å². The summed E-state index contributed by atoms with van der Waals surface area (Å²) in [6.45, 7) is 9.70. The van der Waals surface area contributed by atoms with E-state index in [0.29, 0.717) is 28.6 Å². The van der Waals surface area contributed by atoms with Gasteiger partial charge in [0.25, 0.3) is 0 Å². The maximum atomic E-state index is 12.1. The summed E-state index contributed by atoms with van der Waals surface area (Å²) in [5.74, 6) is 2.18. The molecular weight excluding hydrogens is 372 g/mol. The summed E-state index contributed by atoms with van der Waals surface area (Å²) in [7, 11) is 0. The van der Waals surface area contributed by atoms with Gasteiger partial charge in [0.15, 0.2) is 0 Å². The lowest BCUT2D eigenvalue weighted by Gasteiger charge is -2.58. The average Bonchev–Trinajstić information content (AvgIpc) is 3.51. The molecule has 0 N–H and O–H groups in total. The SMILES string of the molecule is CCC(=O)C1CCC2(CC1)CC(N1CCN(c3cnc(C(C)C)nc3)CC13CC3)C2. The molecule has 0 bridgehead atoms. The van der Waals surface area contributed by atoms with Crippen molar-refractivity contribution in [3.8, 4) is 0 Å². The fourth-order valence-corrected chi connectivity index (χ4v) is 6.57. The van der Waals surface area contributed by atoms with Gasteiger partial charge in [-0.3, -0.25) is 9.69 Å². The second-order valence-electron chi connectivity index (χ2n) is 10.9. The van der Waals surface area contributed by atoms with Crippen LogP contribution in [-0.2, 0) is 4.79 Å². The molecule has 1 saturated heterocycles. The summed E-state index contributed by atoms with van der Waals surface area (Å²) in [5, 5.41) is 0. The van der Waals surface area contributed by atoms with Crippen LogP contribution in [0.3, 0.4) is 0 Å². The maximum Gasteiger partial charge on any atom is 0.135 e. The van der Waals surface area contributed by atoms with Gasteiger partial charge in [0, 0.05) is 49.5 Å². The van der Waals surface area contributed by atoms with Crippen LogP contribution in [0.5, 0.6) is 0 Å². The molecule has 0 aromatic carbocycles. The lowest BCUT2D eigenvalue weighted by molar-refractivity contribution is -0.126. The monoisotopic (exact) mass is 410 g/mol. The van der Waals surface area contributed by atoms with Crippen LogP contribution in [0.2, 0.25) is 0 Å². The molecular formula is C25H38N4O. The van der Waals surface area contributed by atoms with Crippen LogP contribution < -0.4 is 4.90 Å². The first-order valence-corrected chi connectivity index (χ1v) is 12.3. The van der Waals surface area contributed by atoms with Gasteiger partial charge in [0.2, 0.25) is 0 Å². The van der Waals surface area contributed by atoms with Crippen LogP contribution in [0.1, 0.15) is 90.3 Å². The molecule has 0 amide bonds. The normalized spacial score (nSPS) is 33.1. The first-order valence-electron chi connectivity index (χ1n) is 12.3. The van der Waals surface area contributed by atoms with Crippen molar-refractivity contribution in [2.45, 2.75) is 96.1 Å². The summed E-state index contributed by atoms with van der Waals surface area (Å²) in [6, 6.07) is 0.771. The predicted octanol–water partition coefficient (Wildman–Crippen LogP) is 4.57. The van der Waals surface area contributed by atoms with Gasteiger partial charge in [-0.2, -0.15) is 0 Å². The zero-order valence-corrected chi connectivity index (χ0v) is 19.1. The van der Waals surface area contributed by atoms with E-state index >= 15 is 0 Å². The first kappa shape index (κ1) is 20.4. The zero-order chi connectivity index (χ0) is 20.9. The Hall–Kier alpha value is -1.49. The fourth-order valence-electron chi connectivity index (χ4n) is 6.57. The molecule has 0 radical (unpaired) electrons. The number of rotatable bonds is 5. The number of carbonyl (C=O) groups excluding carboxylic acids is 1. The second-order valence-corrected chi connectivity index (χ2v) is 10.9. The maximum absolute atomic E-state index is 12.1. The van der Waals surface area contributed by atoms with Gasteiger partial charge in [-0.25, -0.2) is 9.97 Å². The standard InChI is InChI=1S/C25H38N4O/c1-4-22(30)19-5-7-24(8-6-19)13-20(14-24)29-12-11-28(17-25(29)9-10-25)21-15-26-23(18(2)3)27-16-21/h15-16,18-20H,4-14,17H2,1-3H3. The van der Waals surface area contributed by atoms with Gasteiger partial charge >= 0.3 is 0 Å². The van der Waals surface area contributed by atoms with Crippen molar-refractivity contribution in [1.82, 2.24) is 14.9 Å². The van der Waals surface area contributed by atoms with Crippen molar-refractivity contribution in [3.63, 3.8) is 0 Å². The highest BCUT2D eigenvalue weighted by Gasteiger charge is 2.58. The number of hydrogen-bond acceptors (Lipinski definition) is 5. The molecule has 1 aliphatic heterocycles. The number of nitrogens with zero attached hydrogens (tertiary/aromatic N) is 4. The van der Waals surface area contributed by atoms with E-state index < -0.39 is 0 Å². The smallest absolute Gasteiger partial charge is 0.135 e. The molecule has 5 nitrogen and oxygen atoms in total. The largest absolute Gasteiger partial charge is 0.366 e. The van der Waals surface area contributed by atoms with Crippen molar-refractivity contribution >= 4 is 11.5 Å². The quantitative estimate of drug-likeness (QED) is 0.711. The molecule has 2 spiro atoms. The molecule has 3 aliphatic carbocycles. The molecule has 0 atom stereocenters. The van der Waals surface area contributed by atoms with E-state index in [0.717, 1.165) is 44.2 Å². The van der Waals surface area contributed by atoms with Crippen LogP contribution in [-0.4, -0.2) is 51.9 Å². The van der Waals surface area contributed by atoms with Gasteiger partial charge in [0.05, 0.1) is 18.1 Å². The predicted molar refractivity (Wildman–Crippen MR) is 120 cm³/mol. The van der Waals surface area contributed by atoms with E-state index in [4.69, 9.17) is 0 Å². The summed E-state index contributed by atoms with van der Waals surface area (Å²) < 4.78 is 0. The molecule has 3 saturated carbocycles. The molecule has 164 valence electrons. The number of carbonyl (C=O) groups is 1. The van der Waals surface area contributed by atoms with Crippen molar-refractivity contribution in [1.29, 1.82) is 0 Å². The topological polar surface area (TPSA) is 49.3 Å². The summed E-state index contributed by atoms with van der Waals surface area (Å²) in [5.41, 5.74) is 2.15. The van der Waals surface area contributed by atoms with Crippen molar-refractivity contribution in [3.05, 3.63) is 18.2 Å². The number of piperazine rings is 1. The average molecular weight is 411 g/mol. The van der Waals surface area contributed by atoms with E-state index in [1.807, 2.05) is 19.3 Å². The van der Waals surface area contributed by atoms with Crippen LogP contribution >= 0.6 is 0 Å². The van der Waals surface area contributed by atoms with Gasteiger partial charge < -0.3 is 4.90 Å². The molecule has 5 rings (SSSR count). The first-order chi connectivity index (χ1) is 14.4. The minimum absolute atomic E-state index is 0.363. The minimum Gasteiger partial charge on any atom is -0.366 e. The lowest BCUT2D eigenvalue weighted by atomic mass is 9.56. The van der Waals surface area contributed by atoms with Crippen LogP contribution in [0, 0.1) is 11.3 Å². The van der Waals surface area contributed by atoms with Crippen molar-refractivity contribution in [2.75, 3.05) is 24.5 Å². The number of hydrogen-bond donors (Lipinski definition) is 0. The van der Waals surface area contributed by atoms with Crippen molar-refractivity contribution in [2.24, 2.45) is 11.3 Å². The molecule has 30 heavy (non-hydrogen) atoms. The minimum atomic E-state index is 0.363. The Balaban J connectivity index is 1.17. The Bertz CT molecular complexity index is 769. The highest BCUT2D eigenvalue weighted by atomic mass is 16.1. The number of ketones is 1. The molecule has 2 heterocycles. The molecule has 1 aromatic rings. The Morgan fingerprint density at radius 1 is 1.10 bits per heavy atom. The summed E-state index contributed by atoms with van der Waals surface area (Å²) in [4.78, 5) is 26.6. The highest BCUT2D eigenvalue weighted by molar-refractivity contribution is 5.80. The molecule has 4 fully saturated rings. The summed E-state index contributed by atoms with van der Waals surface area (Å²) >= 11 is 0. The molecule has 4 aliphatic rings. The van der Waals surface area contributed by atoms with Gasteiger partial charge in [0.1, 0.15) is 11.6 Å². The Labute approximate surface area is 181 Å². The van der Waals surface area contributed by atoms with Crippen LogP contribution in [0.15, 0.2) is 12.4 Å². The van der Waals surface area contributed by atoms with Crippen LogP contribution in [0.25, 0.3) is 0 Å². The number of aromatic nitrogens is 2. The Morgan fingerprint density at radius 2 is 1.77 bits per heavy atom. The third-order valence-corrected chi connectivity index (χ3v) is 8.70. The fraction of sp³-hybridized carbons (Fsp3) is 0.800. The summed E-state index contributed by atoms with van der Waals surface area (Å²) in [6.07, 6.45) is 15.1. The molecule has 5 heteroatoms. The van der Waals surface area contributed by atoms with E-state index in [1.54, 1.807) is 0 Å². The van der Waals surface area contributed by atoms with E-state index in [1.165, 1.54) is 50.8 Å². The Morgan fingerprint density at radius 3 is 2.33 bits per heavy atom. The highest BCUT2D eigenvalue weighted by Crippen LogP contribution is 2.58. The van der Waals surface area contributed by atoms with Gasteiger partial charge in [-0.05, 0) is 56.8 Å². The van der Waals surface area contributed by atoms with E-state index in [2.05, 4.69) is 33.6 Å². The number of Topliss-reactive ketones (excluding diaryl/α,β-unsaturated/α-hetero) is 1. The van der Waals surface area contributed by atoms with E-state index in [-0.39, 0.29) is 0 Å². The van der Waals surface area contributed by atoms with Crippen LogP contribution in [0.4, 0.5) is 5.69 Å². The molecule has 1 aromatic heterocycles. The Kier molecular flexibility index (Phi) is 5.16. The zero-order valence-electron chi connectivity index (χ0n) is 19.1. The lowest BCUT2D eigenvalue weighted by Crippen LogP contribution is -2.63. The number of anilines is 1. The molecule has 0 unspecified atom stereocenters. The third-order valence-electron chi connectivity index (χ3n) is 8.70. The van der Waals surface area contributed by atoms with Gasteiger partial charge in [-0.15, -0.1) is 0 Å². The third kappa shape index (κ3) is 3.57. The van der Waals surface area contributed by atoms with Crippen molar-refractivity contribution < 1.29 is 4.79 Å². The van der Waals surface area contributed by atoms with E-state index in [9.17, 15) is 4.79 Å².